The summed E-state index contributed by atoms with van der Waals surface area (Å²) in [5, 5.41) is 6.20. The van der Waals surface area contributed by atoms with Gasteiger partial charge in [-0.15, -0.1) is 23.7 Å². The maximum atomic E-state index is 13.4. The number of anilines is 1. The highest BCUT2D eigenvalue weighted by Crippen LogP contribution is 2.38. The first-order valence-corrected chi connectivity index (χ1v) is 13.4. The minimum atomic E-state index is -0.771. The van der Waals surface area contributed by atoms with Gasteiger partial charge in [-0.25, -0.2) is 9.59 Å². The molecule has 1 unspecified atom stereocenters. The molecule has 40 heavy (non-hydrogen) atoms. The van der Waals surface area contributed by atoms with Gasteiger partial charge in [0.25, 0.3) is 5.91 Å². The Morgan fingerprint density at radius 3 is 2.48 bits per heavy atom. The van der Waals surface area contributed by atoms with Gasteiger partial charge in [-0.2, -0.15) is 0 Å². The van der Waals surface area contributed by atoms with Gasteiger partial charge in [-0.1, -0.05) is 48.5 Å². The number of hydrogen-bond acceptors (Lipinski definition) is 8. The molecule has 2 aliphatic heterocycles. The summed E-state index contributed by atoms with van der Waals surface area (Å²) < 4.78 is 11.0. The number of carbonyl (C=O) groups is 4. The maximum Gasteiger partial charge on any atom is 0.412 e. The van der Waals surface area contributed by atoms with Crippen LogP contribution in [-0.2, 0) is 40.4 Å². The van der Waals surface area contributed by atoms with E-state index in [1.165, 1.54) is 16.2 Å². The van der Waals surface area contributed by atoms with Crippen molar-refractivity contribution in [3.63, 3.8) is 0 Å². The van der Waals surface area contributed by atoms with Gasteiger partial charge < -0.3 is 14.8 Å². The molecule has 11 heteroatoms. The summed E-state index contributed by atoms with van der Waals surface area (Å²) in [6.07, 6.45) is -0.539. The first kappa shape index (κ1) is 29.3. The summed E-state index contributed by atoms with van der Waals surface area (Å²) in [7, 11) is 0. The fourth-order valence-electron chi connectivity index (χ4n) is 4.64. The molecule has 0 aliphatic carbocycles. The van der Waals surface area contributed by atoms with E-state index in [4.69, 9.17) is 9.47 Å². The number of halogens is 1. The summed E-state index contributed by atoms with van der Waals surface area (Å²) in [6.45, 7) is 5.85. The number of ether oxygens (including phenoxy) is 2. The Kier molecular flexibility index (Phi) is 8.62. The van der Waals surface area contributed by atoms with Crippen molar-refractivity contribution in [1.29, 1.82) is 0 Å². The Balaban J connectivity index is 0.00000370. The molecule has 2 N–H and O–H groups in total. The van der Waals surface area contributed by atoms with Gasteiger partial charge in [0, 0.05) is 17.0 Å². The summed E-state index contributed by atoms with van der Waals surface area (Å²) in [5.41, 5.74) is 2.21. The second-order valence-electron chi connectivity index (χ2n) is 10.4. The second-order valence-corrected chi connectivity index (χ2v) is 11.5. The molecule has 0 radical (unpaired) electrons. The van der Waals surface area contributed by atoms with E-state index < -0.39 is 23.7 Å². The summed E-state index contributed by atoms with van der Waals surface area (Å²) in [4.78, 5) is 54.4. The third-order valence-electron chi connectivity index (χ3n) is 6.42. The summed E-state index contributed by atoms with van der Waals surface area (Å²) >= 11 is 1.24. The maximum absolute atomic E-state index is 13.4. The Morgan fingerprint density at radius 1 is 1.07 bits per heavy atom. The number of benzene rings is 2. The minimum absolute atomic E-state index is 0. The molecule has 5 rings (SSSR count). The number of nitrogens with one attached hydrogen (secondary N) is 2. The molecule has 0 bridgehead atoms. The summed E-state index contributed by atoms with van der Waals surface area (Å²) in [6, 6.07) is 15.7. The number of esters is 1. The van der Waals surface area contributed by atoms with Crippen LogP contribution in [0.2, 0.25) is 0 Å². The van der Waals surface area contributed by atoms with Gasteiger partial charge in [0.05, 0.1) is 18.2 Å². The third kappa shape index (κ3) is 6.19. The van der Waals surface area contributed by atoms with E-state index in [2.05, 4.69) is 10.6 Å². The third-order valence-corrected chi connectivity index (χ3v) is 7.57. The van der Waals surface area contributed by atoms with Gasteiger partial charge in [0.1, 0.15) is 17.2 Å². The molecule has 2 aliphatic rings. The SMILES string of the molecule is CC(C)(C)OC(=O)c1c(NC(=O)OCc2ccccc2)sc2c1CC(C(=O)N1Cc3ccccc3C1=O)NC2.Cl. The highest BCUT2D eigenvalue weighted by atomic mass is 35.5. The lowest BCUT2D eigenvalue weighted by atomic mass is 9.97. The van der Waals surface area contributed by atoms with E-state index in [0.717, 1.165) is 16.0 Å². The molecule has 3 amide bonds. The Hall–Kier alpha value is -3.73. The van der Waals surface area contributed by atoms with E-state index in [-0.39, 0.29) is 49.4 Å². The second kappa shape index (κ2) is 11.8. The highest BCUT2D eigenvalue weighted by molar-refractivity contribution is 7.17. The van der Waals surface area contributed by atoms with Crippen LogP contribution in [0.3, 0.4) is 0 Å². The van der Waals surface area contributed by atoms with Crippen LogP contribution < -0.4 is 10.6 Å². The van der Waals surface area contributed by atoms with Crippen LogP contribution >= 0.6 is 23.7 Å². The van der Waals surface area contributed by atoms with Crippen LogP contribution in [0.1, 0.15) is 63.1 Å². The minimum Gasteiger partial charge on any atom is -0.456 e. The van der Waals surface area contributed by atoms with E-state index in [0.29, 0.717) is 22.7 Å². The quantitative estimate of drug-likeness (QED) is 0.318. The van der Waals surface area contributed by atoms with Crippen LogP contribution in [0.5, 0.6) is 0 Å². The molecule has 0 spiro atoms. The number of hydrogen-bond donors (Lipinski definition) is 2. The predicted octanol–water partition coefficient (Wildman–Crippen LogP) is 5.07. The van der Waals surface area contributed by atoms with Gasteiger partial charge in [-0.05, 0) is 49.9 Å². The topological polar surface area (TPSA) is 114 Å². The number of rotatable bonds is 5. The molecule has 1 atom stereocenters. The first-order chi connectivity index (χ1) is 18.6. The normalized spacial score (nSPS) is 15.9. The lowest BCUT2D eigenvalue weighted by Gasteiger charge is -2.27. The van der Waals surface area contributed by atoms with E-state index in [1.54, 1.807) is 32.9 Å². The number of imide groups is 1. The Bertz CT molecular complexity index is 1450. The Morgan fingerprint density at radius 2 is 1.77 bits per heavy atom. The van der Waals surface area contributed by atoms with Crippen molar-refractivity contribution in [2.24, 2.45) is 0 Å². The molecule has 1 aromatic heterocycles. The lowest BCUT2D eigenvalue weighted by Crippen LogP contribution is -2.49. The zero-order valence-corrected chi connectivity index (χ0v) is 23.9. The number of amides is 3. The van der Waals surface area contributed by atoms with Crippen molar-refractivity contribution < 1.29 is 28.7 Å². The van der Waals surface area contributed by atoms with Crippen LogP contribution in [0.15, 0.2) is 54.6 Å². The van der Waals surface area contributed by atoms with Crippen LogP contribution in [0.4, 0.5) is 9.80 Å². The van der Waals surface area contributed by atoms with Crippen LogP contribution in [-0.4, -0.2) is 40.4 Å². The molecule has 0 saturated heterocycles. The molecule has 3 heterocycles. The molecule has 9 nitrogen and oxygen atoms in total. The van der Waals surface area contributed by atoms with Gasteiger partial charge in [-0.3, -0.25) is 19.8 Å². The number of thiophene rings is 1. The smallest absolute Gasteiger partial charge is 0.412 e. The predicted molar refractivity (Wildman–Crippen MR) is 153 cm³/mol. The fraction of sp³-hybridized carbons (Fsp3) is 0.310. The standard InChI is InChI=1S/C29H29N3O6S.ClH/c1-29(2,3)38-27(35)23-20-13-21(26(34)32-15-18-11-7-8-12-19(18)25(32)33)30-14-22(20)39-24(23)31-28(36)37-16-17-9-5-4-6-10-17;/h4-12,21,30H,13-16H2,1-3H3,(H,31,36);1H. The van der Waals surface area contributed by atoms with Crippen molar-refractivity contribution in [2.45, 2.75) is 58.5 Å². The van der Waals surface area contributed by atoms with E-state index in [9.17, 15) is 19.2 Å². The van der Waals surface area contributed by atoms with Crippen LogP contribution in [0.25, 0.3) is 0 Å². The molecular weight excluding hydrogens is 554 g/mol. The Labute approximate surface area is 242 Å². The lowest BCUT2D eigenvalue weighted by molar-refractivity contribution is -0.131. The van der Waals surface area contributed by atoms with Crippen molar-refractivity contribution in [3.8, 4) is 0 Å². The molecule has 3 aromatic rings. The highest BCUT2D eigenvalue weighted by Gasteiger charge is 2.39. The molecule has 2 aromatic carbocycles. The molecule has 0 saturated carbocycles. The first-order valence-electron chi connectivity index (χ1n) is 12.6. The average molecular weight is 584 g/mol. The monoisotopic (exact) mass is 583 g/mol. The van der Waals surface area contributed by atoms with E-state index >= 15 is 0 Å². The number of nitrogens with zero attached hydrogens (tertiary/aromatic N) is 1. The van der Waals surface area contributed by atoms with Crippen molar-refractivity contribution in [2.75, 3.05) is 5.32 Å². The number of carbonyl (C=O) groups excluding carboxylic acids is 4. The average Bonchev–Trinajstić information content (AvgIpc) is 3.43. The van der Waals surface area contributed by atoms with Crippen molar-refractivity contribution in [3.05, 3.63) is 87.3 Å². The largest absolute Gasteiger partial charge is 0.456 e. The van der Waals surface area contributed by atoms with Gasteiger partial charge in [0.2, 0.25) is 5.91 Å². The fourth-order valence-corrected chi connectivity index (χ4v) is 5.80. The van der Waals surface area contributed by atoms with Gasteiger partial charge in [0.15, 0.2) is 0 Å². The van der Waals surface area contributed by atoms with Crippen LogP contribution in [0, 0.1) is 0 Å². The molecule has 0 fully saturated rings. The molecular formula is C29H30ClN3O6S. The van der Waals surface area contributed by atoms with Crippen molar-refractivity contribution >= 4 is 52.6 Å². The zero-order valence-electron chi connectivity index (χ0n) is 22.3. The summed E-state index contributed by atoms with van der Waals surface area (Å²) in [5.74, 6) is -1.29. The van der Waals surface area contributed by atoms with E-state index in [1.807, 2.05) is 42.5 Å². The van der Waals surface area contributed by atoms with Gasteiger partial charge >= 0.3 is 12.1 Å². The zero-order chi connectivity index (χ0) is 27.7. The van der Waals surface area contributed by atoms with Crippen molar-refractivity contribution in [1.82, 2.24) is 10.2 Å². The number of fused-ring (bicyclic) bond motifs is 2. The molecule has 210 valence electrons.